The van der Waals surface area contributed by atoms with E-state index in [1.54, 1.807) is 0 Å². The molecule has 0 saturated heterocycles. The SMILES string of the molecule is Cc1cc(Br)cc(C)c1CC=Nc1c(C)cc(Br)cc1C. The lowest BCUT2D eigenvalue weighted by Gasteiger charge is -2.09. The van der Waals surface area contributed by atoms with Gasteiger partial charge in [0.05, 0.1) is 5.69 Å². The topological polar surface area (TPSA) is 12.4 Å². The van der Waals surface area contributed by atoms with Gasteiger partial charge in [0.25, 0.3) is 0 Å². The molecule has 0 aromatic heterocycles. The number of halogens is 2. The van der Waals surface area contributed by atoms with E-state index < -0.39 is 0 Å². The lowest BCUT2D eigenvalue weighted by Crippen LogP contribution is -1.95. The van der Waals surface area contributed by atoms with E-state index >= 15 is 0 Å². The summed E-state index contributed by atoms with van der Waals surface area (Å²) in [5, 5.41) is 0. The van der Waals surface area contributed by atoms with Crippen LogP contribution in [-0.4, -0.2) is 6.21 Å². The highest BCUT2D eigenvalue weighted by atomic mass is 79.9. The third-order valence-electron chi connectivity index (χ3n) is 3.63. The molecule has 0 aliphatic rings. The third kappa shape index (κ3) is 4.04. The highest BCUT2D eigenvalue weighted by molar-refractivity contribution is 9.10. The molecule has 0 amide bonds. The summed E-state index contributed by atoms with van der Waals surface area (Å²) in [6, 6.07) is 8.53. The molecule has 21 heavy (non-hydrogen) atoms. The minimum Gasteiger partial charge on any atom is -0.260 e. The summed E-state index contributed by atoms with van der Waals surface area (Å²) in [5.74, 6) is 0. The van der Waals surface area contributed by atoms with Gasteiger partial charge in [0, 0.05) is 21.6 Å². The Morgan fingerprint density at radius 1 is 0.810 bits per heavy atom. The van der Waals surface area contributed by atoms with Crippen LogP contribution in [0.3, 0.4) is 0 Å². The summed E-state index contributed by atoms with van der Waals surface area (Å²) < 4.78 is 2.24. The average Bonchev–Trinajstić information content (AvgIpc) is 2.34. The summed E-state index contributed by atoms with van der Waals surface area (Å²) in [5.41, 5.74) is 7.43. The van der Waals surface area contributed by atoms with Crippen LogP contribution in [0.1, 0.15) is 27.8 Å². The number of aryl methyl sites for hydroxylation is 4. The summed E-state index contributed by atoms with van der Waals surface area (Å²) in [6.07, 6.45) is 2.88. The van der Waals surface area contributed by atoms with Gasteiger partial charge in [-0.15, -0.1) is 0 Å². The molecule has 0 atom stereocenters. The molecule has 0 aliphatic heterocycles. The molecule has 0 fully saturated rings. The molecule has 0 N–H and O–H groups in total. The Hall–Kier alpha value is -0.930. The number of hydrogen-bond donors (Lipinski definition) is 0. The molecule has 0 saturated carbocycles. The van der Waals surface area contributed by atoms with Crippen molar-refractivity contribution in [3.63, 3.8) is 0 Å². The molecule has 0 radical (unpaired) electrons. The second kappa shape index (κ2) is 6.89. The molecule has 2 aromatic rings. The summed E-state index contributed by atoms with van der Waals surface area (Å²) in [7, 11) is 0. The van der Waals surface area contributed by atoms with Crippen LogP contribution in [0.4, 0.5) is 5.69 Å². The number of rotatable bonds is 3. The Balaban J connectivity index is 2.25. The minimum atomic E-state index is 0.861. The van der Waals surface area contributed by atoms with Crippen molar-refractivity contribution >= 4 is 43.8 Å². The van der Waals surface area contributed by atoms with Crippen LogP contribution in [-0.2, 0) is 6.42 Å². The number of hydrogen-bond acceptors (Lipinski definition) is 1. The van der Waals surface area contributed by atoms with Gasteiger partial charge in [0.2, 0.25) is 0 Å². The Labute approximate surface area is 143 Å². The fraction of sp³-hybridized carbons (Fsp3) is 0.278. The second-order valence-electron chi connectivity index (χ2n) is 5.42. The van der Waals surface area contributed by atoms with Crippen LogP contribution >= 0.6 is 31.9 Å². The van der Waals surface area contributed by atoms with E-state index in [1.807, 2.05) is 6.21 Å². The van der Waals surface area contributed by atoms with Gasteiger partial charge in [-0.25, -0.2) is 0 Å². The van der Waals surface area contributed by atoms with Crippen molar-refractivity contribution in [3.05, 3.63) is 61.0 Å². The van der Waals surface area contributed by atoms with E-state index in [0.717, 1.165) is 21.1 Å². The van der Waals surface area contributed by atoms with Crippen molar-refractivity contribution in [1.82, 2.24) is 0 Å². The molecule has 2 rings (SSSR count). The predicted octanol–water partition coefficient (Wildman–Crippen LogP) is 6.39. The Morgan fingerprint density at radius 3 is 1.71 bits per heavy atom. The standard InChI is InChI=1S/C18H19Br2N/c1-11-7-15(19)8-12(2)17(11)5-6-21-18-13(3)9-16(20)10-14(18)4/h6-10H,5H2,1-4H3. The Kier molecular flexibility index (Phi) is 5.39. The van der Waals surface area contributed by atoms with E-state index in [-0.39, 0.29) is 0 Å². The first-order chi connectivity index (χ1) is 9.88. The van der Waals surface area contributed by atoms with Crippen LogP contribution in [0.5, 0.6) is 0 Å². The molecule has 0 bridgehead atoms. The fourth-order valence-electron chi connectivity index (χ4n) is 2.60. The van der Waals surface area contributed by atoms with Crippen molar-refractivity contribution in [2.75, 3.05) is 0 Å². The van der Waals surface area contributed by atoms with Crippen molar-refractivity contribution in [2.24, 2.45) is 4.99 Å². The molecule has 0 spiro atoms. The summed E-state index contributed by atoms with van der Waals surface area (Å²) >= 11 is 7.06. The Bertz CT molecular complexity index is 656. The van der Waals surface area contributed by atoms with E-state index in [2.05, 4.69) is 88.8 Å². The van der Waals surface area contributed by atoms with E-state index in [4.69, 9.17) is 0 Å². The maximum Gasteiger partial charge on any atom is 0.0684 e. The highest BCUT2D eigenvalue weighted by Gasteiger charge is 2.04. The predicted molar refractivity (Wildman–Crippen MR) is 99.1 cm³/mol. The second-order valence-corrected chi connectivity index (χ2v) is 7.25. The largest absolute Gasteiger partial charge is 0.260 e. The molecule has 2 aromatic carbocycles. The molecule has 0 unspecified atom stereocenters. The van der Waals surface area contributed by atoms with Crippen molar-refractivity contribution < 1.29 is 0 Å². The lowest BCUT2D eigenvalue weighted by molar-refractivity contribution is 1.20. The molecule has 1 nitrogen and oxygen atoms in total. The highest BCUT2D eigenvalue weighted by Crippen LogP contribution is 2.27. The molecular weight excluding hydrogens is 390 g/mol. The van der Waals surface area contributed by atoms with E-state index in [1.165, 1.54) is 27.8 Å². The van der Waals surface area contributed by atoms with Gasteiger partial charge in [0.1, 0.15) is 0 Å². The van der Waals surface area contributed by atoms with Crippen LogP contribution in [0.15, 0.2) is 38.2 Å². The van der Waals surface area contributed by atoms with Crippen LogP contribution < -0.4 is 0 Å². The maximum absolute atomic E-state index is 4.69. The van der Waals surface area contributed by atoms with Crippen LogP contribution in [0.25, 0.3) is 0 Å². The van der Waals surface area contributed by atoms with Gasteiger partial charge < -0.3 is 0 Å². The van der Waals surface area contributed by atoms with Gasteiger partial charge in [-0.3, -0.25) is 4.99 Å². The lowest BCUT2D eigenvalue weighted by atomic mass is 10.0. The van der Waals surface area contributed by atoms with Gasteiger partial charge in [-0.05, 0) is 79.8 Å². The Morgan fingerprint density at radius 2 is 1.24 bits per heavy atom. The third-order valence-corrected chi connectivity index (χ3v) is 4.55. The zero-order valence-electron chi connectivity index (χ0n) is 12.8. The minimum absolute atomic E-state index is 0.861. The zero-order chi connectivity index (χ0) is 15.6. The van der Waals surface area contributed by atoms with Crippen molar-refractivity contribution in [3.8, 4) is 0 Å². The quantitative estimate of drug-likeness (QED) is 0.521. The van der Waals surface area contributed by atoms with Crippen molar-refractivity contribution in [2.45, 2.75) is 34.1 Å². The van der Waals surface area contributed by atoms with Gasteiger partial charge >= 0.3 is 0 Å². The molecule has 0 heterocycles. The first kappa shape index (κ1) is 16.4. The number of benzene rings is 2. The monoisotopic (exact) mass is 407 g/mol. The molecule has 0 aliphatic carbocycles. The van der Waals surface area contributed by atoms with Crippen LogP contribution in [0.2, 0.25) is 0 Å². The fourth-order valence-corrected chi connectivity index (χ4v) is 3.97. The smallest absolute Gasteiger partial charge is 0.0684 e. The first-order valence-electron chi connectivity index (χ1n) is 6.93. The summed E-state index contributed by atoms with van der Waals surface area (Å²) in [4.78, 5) is 4.69. The number of nitrogens with zero attached hydrogens (tertiary/aromatic N) is 1. The van der Waals surface area contributed by atoms with Gasteiger partial charge in [-0.2, -0.15) is 0 Å². The maximum atomic E-state index is 4.69. The van der Waals surface area contributed by atoms with E-state index in [0.29, 0.717) is 0 Å². The molecular formula is C18H19Br2N. The van der Waals surface area contributed by atoms with Crippen LogP contribution in [0, 0.1) is 27.7 Å². The summed E-state index contributed by atoms with van der Waals surface area (Å²) in [6.45, 7) is 8.50. The normalized spacial score (nSPS) is 11.3. The van der Waals surface area contributed by atoms with Crippen molar-refractivity contribution in [1.29, 1.82) is 0 Å². The average molecular weight is 409 g/mol. The number of aliphatic imine (C=N–C) groups is 1. The first-order valence-corrected chi connectivity index (χ1v) is 8.52. The van der Waals surface area contributed by atoms with Gasteiger partial charge in [0.15, 0.2) is 0 Å². The van der Waals surface area contributed by atoms with E-state index in [9.17, 15) is 0 Å². The van der Waals surface area contributed by atoms with Gasteiger partial charge in [-0.1, -0.05) is 31.9 Å². The zero-order valence-corrected chi connectivity index (χ0v) is 16.0. The molecule has 3 heteroatoms. The molecule has 110 valence electrons.